The van der Waals surface area contributed by atoms with E-state index in [9.17, 15) is 5.11 Å². The molecule has 0 fully saturated rings. The number of hydrogen-bond donors (Lipinski definition) is 1. The highest BCUT2D eigenvalue weighted by Gasteiger charge is 2.12. The van der Waals surface area contributed by atoms with Gasteiger partial charge >= 0.3 is 0 Å². The predicted molar refractivity (Wildman–Crippen MR) is 62.8 cm³/mol. The van der Waals surface area contributed by atoms with Crippen LogP contribution < -0.4 is 0 Å². The number of nitrogens with zero attached hydrogens (tertiary/aromatic N) is 2. The summed E-state index contributed by atoms with van der Waals surface area (Å²) in [5.74, 6) is 0.976. The molecule has 16 heavy (non-hydrogen) atoms. The van der Waals surface area contributed by atoms with E-state index in [-0.39, 0.29) is 0 Å². The Balaban J connectivity index is 2.28. The number of hydrogen-bond acceptors (Lipinski definition) is 4. The number of benzene rings is 1. The first-order valence-electron chi connectivity index (χ1n) is 4.92. The van der Waals surface area contributed by atoms with Crippen LogP contribution in [0.3, 0.4) is 0 Å². The van der Waals surface area contributed by atoms with Crippen molar-refractivity contribution in [2.75, 3.05) is 0 Å². The average molecular weight is 283 g/mol. The lowest BCUT2D eigenvalue weighted by molar-refractivity contribution is 0.191. The summed E-state index contributed by atoms with van der Waals surface area (Å²) >= 11 is 3.42. The van der Waals surface area contributed by atoms with Crippen molar-refractivity contribution in [3.63, 3.8) is 0 Å². The first-order valence-corrected chi connectivity index (χ1v) is 5.71. The maximum absolute atomic E-state index is 9.21. The van der Waals surface area contributed by atoms with E-state index in [2.05, 4.69) is 26.1 Å². The number of aromatic nitrogens is 2. The van der Waals surface area contributed by atoms with E-state index in [1.54, 1.807) is 6.92 Å². The zero-order valence-corrected chi connectivity index (χ0v) is 10.3. The van der Waals surface area contributed by atoms with E-state index in [1.165, 1.54) is 0 Å². The Morgan fingerprint density at radius 1 is 1.44 bits per heavy atom. The molecule has 0 bridgehead atoms. The third-order valence-corrected chi connectivity index (χ3v) is 2.74. The van der Waals surface area contributed by atoms with Crippen molar-refractivity contribution in [1.29, 1.82) is 0 Å². The van der Waals surface area contributed by atoms with Crippen LogP contribution in [0.5, 0.6) is 0 Å². The van der Waals surface area contributed by atoms with E-state index in [4.69, 9.17) is 4.52 Å². The summed E-state index contributed by atoms with van der Waals surface area (Å²) in [5, 5.41) is 13.0. The minimum atomic E-state index is -0.468. The molecule has 0 saturated heterocycles. The van der Waals surface area contributed by atoms with Gasteiger partial charge in [0.15, 0.2) is 5.82 Å². The smallest absolute Gasteiger partial charge is 0.259 e. The summed E-state index contributed by atoms with van der Waals surface area (Å²) in [6.45, 7) is 1.69. The highest BCUT2D eigenvalue weighted by molar-refractivity contribution is 9.10. The Labute approximate surface area is 101 Å². The average Bonchev–Trinajstić information content (AvgIpc) is 2.66. The molecule has 4 nitrogen and oxygen atoms in total. The van der Waals surface area contributed by atoms with Crippen LogP contribution in [0.4, 0.5) is 0 Å². The maximum atomic E-state index is 9.21. The molecule has 1 aromatic heterocycles. The molecule has 0 radical (unpaired) electrons. The predicted octanol–water partition coefficient (Wildman–Crippen LogP) is 2.42. The van der Waals surface area contributed by atoms with E-state index in [1.807, 2.05) is 24.3 Å². The largest absolute Gasteiger partial charge is 0.393 e. The van der Waals surface area contributed by atoms with Gasteiger partial charge in [0.25, 0.3) is 5.89 Å². The lowest BCUT2D eigenvalue weighted by Crippen LogP contribution is -2.05. The molecule has 0 amide bonds. The molecule has 0 saturated carbocycles. The quantitative estimate of drug-likeness (QED) is 0.939. The van der Waals surface area contributed by atoms with Gasteiger partial charge in [0.1, 0.15) is 0 Å². The Morgan fingerprint density at radius 3 is 2.88 bits per heavy atom. The summed E-state index contributed by atoms with van der Waals surface area (Å²) in [5.41, 5.74) is 0.854. The first-order chi connectivity index (χ1) is 7.66. The van der Waals surface area contributed by atoms with Gasteiger partial charge in [0.2, 0.25) is 0 Å². The van der Waals surface area contributed by atoms with E-state index < -0.39 is 6.10 Å². The van der Waals surface area contributed by atoms with E-state index in [0.717, 1.165) is 10.0 Å². The van der Waals surface area contributed by atoms with Crippen molar-refractivity contribution in [2.45, 2.75) is 19.4 Å². The minimum Gasteiger partial charge on any atom is -0.393 e. The van der Waals surface area contributed by atoms with Crippen LogP contribution in [0.1, 0.15) is 12.7 Å². The Hall–Kier alpha value is -1.20. The normalized spacial score (nSPS) is 12.7. The van der Waals surface area contributed by atoms with Gasteiger partial charge in [-0.1, -0.05) is 17.3 Å². The van der Waals surface area contributed by atoms with Gasteiger partial charge in [-0.15, -0.1) is 0 Å². The molecule has 1 N–H and O–H groups in total. The molecule has 2 rings (SSSR count). The Bertz CT molecular complexity index is 482. The van der Waals surface area contributed by atoms with Crippen LogP contribution in [0.25, 0.3) is 11.5 Å². The van der Waals surface area contributed by atoms with Gasteiger partial charge in [-0.25, -0.2) is 0 Å². The van der Waals surface area contributed by atoms with Crippen molar-refractivity contribution in [2.24, 2.45) is 0 Å². The van der Waals surface area contributed by atoms with Crippen LogP contribution in [-0.4, -0.2) is 21.4 Å². The fourth-order valence-corrected chi connectivity index (χ4v) is 1.80. The summed E-state index contributed by atoms with van der Waals surface area (Å²) in [6, 6.07) is 7.62. The van der Waals surface area contributed by atoms with Crippen molar-refractivity contribution in [3.05, 3.63) is 34.6 Å². The van der Waals surface area contributed by atoms with Crippen LogP contribution in [0, 0.1) is 0 Å². The van der Waals surface area contributed by atoms with Crippen molar-refractivity contribution in [1.82, 2.24) is 10.1 Å². The molecule has 84 valence electrons. The third-order valence-electron chi connectivity index (χ3n) is 2.05. The molecule has 1 aromatic carbocycles. The fraction of sp³-hybridized carbons (Fsp3) is 0.273. The minimum absolute atomic E-state index is 0.397. The lowest BCUT2D eigenvalue weighted by Gasteiger charge is -1.97. The van der Waals surface area contributed by atoms with Crippen molar-refractivity contribution in [3.8, 4) is 11.5 Å². The number of aliphatic hydroxyl groups excluding tert-OH is 1. The van der Waals surface area contributed by atoms with Crippen LogP contribution in [0.15, 0.2) is 33.3 Å². The van der Waals surface area contributed by atoms with Gasteiger partial charge in [-0.2, -0.15) is 4.98 Å². The van der Waals surface area contributed by atoms with Gasteiger partial charge in [-0.05, 0) is 35.0 Å². The van der Waals surface area contributed by atoms with Crippen molar-refractivity contribution < 1.29 is 9.63 Å². The van der Waals surface area contributed by atoms with Gasteiger partial charge < -0.3 is 9.63 Å². The monoisotopic (exact) mass is 282 g/mol. The van der Waals surface area contributed by atoms with Gasteiger partial charge in [0, 0.05) is 10.9 Å². The molecule has 1 atom stereocenters. The second kappa shape index (κ2) is 4.76. The summed E-state index contributed by atoms with van der Waals surface area (Å²) in [7, 11) is 0. The van der Waals surface area contributed by atoms with Gasteiger partial charge in [0.05, 0.1) is 11.7 Å². The first kappa shape index (κ1) is 11.3. The standard InChI is InChI=1S/C11H11BrN2O2/c1-7(15)6-10-13-11(16-14-10)8-4-2-3-5-9(8)12/h2-5,7,15H,6H2,1H3. The third kappa shape index (κ3) is 2.48. The molecule has 0 spiro atoms. The molecule has 5 heteroatoms. The lowest BCUT2D eigenvalue weighted by atomic mass is 10.2. The molecule has 2 aromatic rings. The molecule has 1 heterocycles. The topological polar surface area (TPSA) is 59.2 Å². The maximum Gasteiger partial charge on any atom is 0.259 e. The zero-order chi connectivity index (χ0) is 11.5. The Morgan fingerprint density at radius 2 is 2.19 bits per heavy atom. The fourth-order valence-electron chi connectivity index (χ4n) is 1.35. The molecule has 1 unspecified atom stereocenters. The molecule has 0 aliphatic carbocycles. The number of halogens is 1. The van der Waals surface area contributed by atoms with Gasteiger partial charge in [-0.3, -0.25) is 0 Å². The summed E-state index contributed by atoms with van der Waals surface area (Å²) in [4.78, 5) is 4.21. The number of aliphatic hydroxyl groups is 1. The second-order valence-corrected chi connectivity index (χ2v) is 4.40. The highest BCUT2D eigenvalue weighted by atomic mass is 79.9. The molecule has 0 aliphatic heterocycles. The molecular weight excluding hydrogens is 272 g/mol. The summed E-state index contributed by atoms with van der Waals surface area (Å²) < 4.78 is 6.04. The van der Waals surface area contributed by atoms with Crippen molar-refractivity contribution >= 4 is 15.9 Å². The van der Waals surface area contributed by atoms with Crippen LogP contribution >= 0.6 is 15.9 Å². The molecule has 0 aliphatic rings. The highest BCUT2D eigenvalue weighted by Crippen LogP contribution is 2.26. The Kier molecular flexibility index (Phi) is 3.36. The second-order valence-electron chi connectivity index (χ2n) is 3.55. The van der Waals surface area contributed by atoms with Crippen LogP contribution in [0.2, 0.25) is 0 Å². The summed E-state index contributed by atoms with van der Waals surface area (Å²) in [6.07, 6.45) is -0.0711. The SMILES string of the molecule is CC(O)Cc1noc(-c2ccccc2Br)n1. The van der Waals surface area contributed by atoms with Crippen LogP contribution in [-0.2, 0) is 6.42 Å². The zero-order valence-electron chi connectivity index (χ0n) is 8.72. The van der Waals surface area contributed by atoms with E-state index >= 15 is 0 Å². The van der Waals surface area contributed by atoms with E-state index in [0.29, 0.717) is 18.1 Å². The molecular formula is C11H11BrN2O2. The number of rotatable bonds is 3.